The molecule has 1 aromatic rings. The van der Waals surface area contributed by atoms with Gasteiger partial charge in [0, 0.05) is 6.54 Å². The Bertz CT molecular complexity index is 388. The van der Waals surface area contributed by atoms with Gasteiger partial charge in [-0.3, -0.25) is 0 Å². The molecule has 2 rings (SSSR count). The first-order valence-corrected chi connectivity index (χ1v) is 8.09. The molecule has 0 spiro atoms. The molecule has 0 aromatic heterocycles. The van der Waals surface area contributed by atoms with Gasteiger partial charge in [-0.1, -0.05) is 6.92 Å². The predicted octanol–water partition coefficient (Wildman–Crippen LogP) is 2.92. The summed E-state index contributed by atoms with van der Waals surface area (Å²) in [6, 6.07) is 6.23. The average molecular weight is 294 g/mol. The number of ether oxygens (including phenoxy) is 1. The molecule has 1 N–H and O–H groups in total. The zero-order chi connectivity index (χ0) is 14.9. The van der Waals surface area contributed by atoms with Crippen molar-refractivity contribution in [3.63, 3.8) is 0 Å². The van der Waals surface area contributed by atoms with Gasteiger partial charge in [-0.05, 0) is 75.6 Å². The molecule has 0 radical (unpaired) electrons. The van der Waals surface area contributed by atoms with Crippen LogP contribution >= 0.6 is 0 Å². The van der Waals surface area contributed by atoms with Gasteiger partial charge in [-0.15, -0.1) is 0 Å². The van der Waals surface area contributed by atoms with E-state index in [1.165, 1.54) is 38.1 Å². The monoisotopic (exact) mass is 294 g/mol. The van der Waals surface area contributed by atoms with Crippen molar-refractivity contribution in [1.82, 2.24) is 10.2 Å². The van der Waals surface area contributed by atoms with Gasteiger partial charge in [0.1, 0.15) is 11.6 Å². The Balaban J connectivity index is 1.54. The molecule has 0 bridgehead atoms. The molecule has 118 valence electrons. The van der Waals surface area contributed by atoms with E-state index >= 15 is 0 Å². The van der Waals surface area contributed by atoms with Crippen molar-refractivity contribution >= 4 is 0 Å². The SMILES string of the molecule is CCNCC1CCN(CCCOc2ccc(F)cc2)CC1. The van der Waals surface area contributed by atoms with Crippen LogP contribution in [0, 0.1) is 11.7 Å². The normalized spacial score (nSPS) is 17.0. The van der Waals surface area contributed by atoms with Crippen LogP contribution in [0.5, 0.6) is 5.75 Å². The Kier molecular flexibility index (Phi) is 6.96. The van der Waals surface area contributed by atoms with Crippen molar-refractivity contribution in [3.8, 4) is 5.75 Å². The molecule has 1 aliphatic heterocycles. The molecule has 1 aliphatic rings. The minimum atomic E-state index is -0.220. The van der Waals surface area contributed by atoms with Crippen LogP contribution in [0.15, 0.2) is 24.3 Å². The second kappa shape index (κ2) is 9.00. The Morgan fingerprint density at radius 1 is 1.24 bits per heavy atom. The highest BCUT2D eigenvalue weighted by atomic mass is 19.1. The molecule has 21 heavy (non-hydrogen) atoms. The predicted molar refractivity (Wildman–Crippen MR) is 84.2 cm³/mol. The Morgan fingerprint density at radius 3 is 2.62 bits per heavy atom. The van der Waals surface area contributed by atoms with E-state index in [1.807, 2.05) is 0 Å². The van der Waals surface area contributed by atoms with Gasteiger partial charge in [0.2, 0.25) is 0 Å². The smallest absolute Gasteiger partial charge is 0.123 e. The lowest BCUT2D eigenvalue weighted by Gasteiger charge is -2.32. The molecule has 0 aliphatic carbocycles. The fourth-order valence-electron chi connectivity index (χ4n) is 2.77. The zero-order valence-electron chi connectivity index (χ0n) is 13.0. The molecule has 0 unspecified atom stereocenters. The number of nitrogens with one attached hydrogen (secondary N) is 1. The van der Waals surface area contributed by atoms with Crippen LogP contribution in [-0.2, 0) is 0 Å². The van der Waals surface area contributed by atoms with E-state index in [1.54, 1.807) is 12.1 Å². The molecule has 1 saturated heterocycles. The van der Waals surface area contributed by atoms with Crippen molar-refractivity contribution in [3.05, 3.63) is 30.1 Å². The van der Waals surface area contributed by atoms with Crippen LogP contribution in [0.4, 0.5) is 4.39 Å². The third-order valence-electron chi connectivity index (χ3n) is 4.09. The van der Waals surface area contributed by atoms with Crippen molar-refractivity contribution in [1.29, 1.82) is 0 Å². The first kappa shape index (κ1) is 16.2. The standard InChI is InChI=1S/C17H27FN2O/c1-2-19-14-15-8-11-20(12-9-15)10-3-13-21-17-6-4-16(18)5-7-17/h4-7,15,19H,2-3,8-14H2,1H3. The summed E-state index contributed by atoms with van der Waals surface area (Å²) in [7, 11) is 0. The highest BCUT2D eigenvalue weighted by Crippen LogP contribution is 2.16. The van der Waals surface area contributed by atoms with E-state index in [-0.39, 0.29) is 5.82 Å². The van der Waals surface area contributed by atoms with E-state index in [0.29, 0.717) is 6.61 Å². The second-order valence-corrected chi connectivity index (χ2v) is 5.75. The second-order valence-electron chi connectivity index (χ2n) is 5.75. The molecular formula is C17H27FN2O. The Labute approximate surface area is 127 Å². The van der Waals surface area contributed by atoms with E-state index < -0.39 is 0 Å². The fourth-order valence-corrected chi connectivity index (χ4v) is 2.77. The van der Waals surface area contributed by atoms with E-state index in [4.69, 9.17) is 4.74 Å². The molecule has 4 heteroatoms. The van der Waals surface area contributed by atoms with Gasteiger partial charge >= 0.3 is 0 Å². The number of piperidine rings is 1. The molecule has 3 nitrogen and oxygen atoms in total. The average Bonchev–Trinajstić information content (AvgIpc) is 2.52. The fraction of sp³-hybridized carbons (Fsp3) is 0.647. The number of halogens is 1. The minimum Gasteiger partial charge on any atom is -0.494 e. The van der Waals surface area contributed by atoms with Crippen molar-refractivity contribution in [2.24, 2.45) is 5.92 Å². The lowest BCUT2D eigenvalue weighted by Crippen LogP contribution is -2.38. The largest absolute Gasteiger partial charge is 0.494 e. The number of hydrogen-bond acceptors (Lipinski definition) is 3. The van der Waals surface area contributed by atoms with E-state index in [9.17, 15) is 4.39 Å². The quantitative estimate of drug-likeness (QED) is 0.746. The molecule has 1 aromatic carbocycles. The lowest BCUT2D eigenvalue weighted by molar-refractivity contribution is 0.169. The number of benzene rings is 1. The van der Waals surface area contributed by atoms with Crippen LogP contribution in [0.25, 0.3) is 0 Å². The van der Waals surface area contributed by atoms with Gasteiger partial charge in [-0.25, -0.2) is 4.39 Å². The lowest BCUT2D eigenvalue weighted by atomic mass is 9.97. The van der Waals surface area contributed by atoms with Crippen molar-refractivity contribution < 1.29 is 9.13 Å². The highest BCUT2D eigenvalue weighted by molar-refractivity contribution is 5.21. The van der Waals surface area contributed by atoms with Gasteiger partial charge < -0.3 is 15.0 Å². The molecule has 0 saturated carbocycles. The third-order valence-corrected chi connectivity index (χ3v) is 4.09. The van der Waals surface area contributed by atoms with Gasteiger partial charge in [0.25, 0.3) is 0 Å². The van der Waals surface area contributed by atoms with Crippen LogP contribution in [-0.4, -0.2) is 44.2 Å². The van der Waals surface area contributed by atoms with Gasteiger partial charge in [0.05, 0.1) is 6.61 Å². The van der Waals surface area contributed by atoms with Crippen LogP contribution in [0.2, 0.25) is 0 Å². The summed E-state index contributed by atoms with van der Waals surface area (Å²) < 4.78 is 18.4. The van der Waals surface area contributed by atoms with Crippen LogP contribution in [0.3, 0.4) is 0 Å². The maximum atomic E-state index is 12.8. The minimum absolute atomic E-state index is 0.220. The van der Waals surface area contributed by atoms with Crippen molar-refractivity contribution in [2.75, 3.05) is 39.3 Å². The first-order chi connectivity index (χ1) is 10.3. The molecule has 0 atom stereocenters. The first-order valence-electron chi connectivity index (χ1n) is 8.09. The van der Waals surface area contributed by atoms with Crippen LogP contribution in [0.1, 0.15) is 26.2 Å². The summed E-state index contributed by atoms with van der Waals surface area (Å²) in [6.45, 7) is 8.59. The van der Waals surface area contributed by atoms with Gasteiger partial charge in [0.15, 0.2) is 0 Å². The summed E-state index contributed by atoms with van der Waals surface area (Å²) in [5, 5.41) is 3.44. The summed E-state index contributed by atoms with van der Waals surface area (Å²) in [5.41, 5.74) is 0. The number of nitrogens with zero attached hydrogens (tertiary/aromatic N) is 1. The highest BCUT2D eigenvalue weighted by Gasteiger charge is 2.18. The van der Waals surface area contributed by atoms with Crippen LogP contribution < -0.4 is 10.1 Å². The summed E-state index contributed by atoms with van der Waals surface area (Å²) in [5.74, 6) is 1.38. The Morgan fingerprint density at radius 2 is 1.95 bits per heavy atom. The number of likely N-dealkylation sites (tertiary alicyclic amines) is 1. The Hall–Kier alpha value is -1.13. The maximum absolute atomic E-state index is 12.8. The number of rotatable bonds is 8. The summed E-state index contributed by atoms with van der Waals surface area (Å²) >= 11 is 0. The molecule has 0 amide bonds. The third kappa shape index (κ3) is 6.02. The molecule has 1 heterocycles. The number of hydrogen-bond donors (Lipinski definition) is 1. The zero-order valence-corrected chi connectivity index (χ0v) is 13.0. The summed E-state index contributed by atoms with van der Waals surface area (Å²) in [6.07, 6.45) is 3.62. The molecule has 1 fully saturated rings. The van der Waals surface area contributed by atoms with E-state index in [0.717, 1.165) is 37.7 Å². The topological polar surface area (TPSA) is 24.5 Å². The van der Waals surface area contributed by atoms with E-state index in [2.05, 4.69) is 17.1 Å². The maximum Gasteiger partial charge on any atom is 0.123 e. The van der Waals surface area contributed by atoms with Gasteiger partial charge in [-0.2, -0.15) is 0 Å². The molecular weight excluding hydrogens is 267 g/mol. The van der Waals surface area contributed by atoms with Crippen molar-refractivity contribution in [2.45, 2.75) is 26.2 Å². The summed E-state index contributed by atoms with van der Waals surface area (Å²) in [4.78, 5) is 2.52.